The molecule has 0 unspecified atom stereocenters. The highest BCUT2D eigenvalue weighted by molar-refractivity contribution is 14.1. The van der Waals surface area contributed by atoms with Crippen molar-refractivity contribution in [1.82, 2.24) is 4.57 Å². The molecule has 0 saturated heterocycles. The monoisotopic (exact) mass is 382 g/mol. The molecule has 0 radical (unpaired) electrons. The third-order valence-electron chi connectivity index (χ3n) is 3.33. The number of hydrogen-bond donors (Lipinski definition) is 1. The molecule has 1 N–H and O–H groups in total. The Hall–Kier alpha value is -1.30. The van der Waals surface area contributed by atoms with Gasteiger partial charge in [-0.05, 0) is 74.6 Å². The molecule has 106 valence electrons. The van der Waals surface area contributed by atoms with Gasteiger partial charge in [0.15, 0.2) is 0 Å². The Balaban J connectivity index is 2.28. The van der Waals surface area contributed by atoms with Crippen molar-refractivity contribution >= 4 is 34.2 Å². The van der Waals surface area contributed by atoms with Crippen LogP contribution in [0.25, 0.3) is 0 Å². The largest absolute Gasteiger partial charge is 0.346 e. The van der Waals surface area contributed by atoms with E-state index in [4.69, 9.17) is 0 Å². The first-order valence-corrected chi connectivity index (χ1v) is 7.73. The summed E-state index contributed by atoms with van der Waals surface area (Å²) in [5.74, 6) is -0.0491. The molecule has 1 heterocycles. The summed E-state index contributed by atoms with van der Waals surface area (Å²) < 4.78 is 3.29. The van der Waals surface area contributed by atoms with Crippen LogP contribution in [0.15, 0.2) is 30.3 Å². The first-order chi connectivity index (χ1) is 9.40. The summed E-state index contributed by atoms with van der Waals surface area (Å²) in [4.78, 5) is 12.4. The number of nitrogens with one attached hydrogen (secondary N) is 1. The van der Waals surface area contributed by atoms with Gasteiger partial charge in [-0.2, -0.15) is 0 Å². The zero-order valence-corrected chi connectivity index (χ0v) is 14.4. The van der Waals surface area contributed by atoms with E-state index in [0.29, 0.717) is 6.04 Å². The maximum atomic E-state index is 12.4. The molecule has 3 nitrogen and oxygen atoms in total. The second-order valence-electron chi connectivity index (χ2n) is 5.21. The highest BCUT2D eigenvalue weighted by atomic mass is 127. The molecule has 0 aliphatic carbocycles. The van der Waals surface area contributed by atoms with Gasteiger partial charge in [-0.15, -0.1) is 0 Å². The number of benzene rings is 1. The van der Waals surface area contributed by atoms with Crippen LogP contribution in [0, 0.1) is 17.4 Å². The SMILES string of the molecule is Cc1cc(C(=O)Nc2cccc(I)c2)c(C)n1C(C)C. The predicted octanol–water partition coefficient (Wildman–Crippen LogP) is 4.54. The summed E-state index contributed by atoms with van der Waals surface area (Å²) in [6.45, 7) is 8.29. The van der Waals surface area contributed by atoms with Crippen molar-refractivity contribution in [2.45, 2.75) is 33.7 Å². The van der Waals surface area contributed by atoms with Gasteiger partial charge in [-0.25, -0.2) is 0 Å². The molecule has 0 fully saturated rings. The summed E-state index contributed by atoms with van der Waals surface area (Å²) in [5.41, 5.74) is 3.71. The second-order valence-corrected chi connectivity index (χ2v) is 6.46. The lowest BCUT2D eigenvalue weighted by Gasteiger charge is -2.13. The van der Waals surface area contributed by atoms with E-state index in [9.17, 15) is 4.79 Å². The van der Waals surface area contributed by atoms with Crippen LogP contribution in [-0.2, 0) is 0 Å². The highest BCUT2D eigenvalue weighted by Crippen LogP contribution is 2.21. The molecule has 2 rings (SSSR count). The van der Waals surface area contributed by atoms with Crippen LogP contribution in [0.3, 0.4) is 0 Å². The number of rotatable bonds is 3. The van der Waals surface area contributed by atoms with Gasteiger partial charge in [0.1, 0.15) is 0 Å². The standard InChI is InChI=1S/C16H19IN2O/c1-10(2)19-11(3)8-15(12(19)4)16(20)18-14-7-5-6-13(17)9-14/h5-10H,1-4H3,(H,18,20). The average Bonchev–Trinajstić information content (AvgIpc) is 2.64. The lowest BCUT2D eigenvalue weighted by molar-refractivity contribution is 0.102. The van der Waals surface area contributed by atoms with Crippen molar-refractivity contribution in [3.63, 3.8) is 0 Å². The average molecular weight is 382 g/mol. The van der Waals surface area contributed by atoms with Crippen LogP contribution >= 0.6 is 22.6 Å². The summed E-state index contributed by atoms with van der Waals surface area (Å²) in [6.07, 6.45) is 0. The van der Waals surface area contributed by atoms with Gasteiger partial charge in [-0.1, -0.05) is 6.07 Å². The number of hydrogen-bond acceptors (Lipinski definition) is 1. The Morgan fingerprint density at radius 2 is 1.95 bits per heavy atom. The topological polar surface area (TPSA) is 34.0 Å². The van der Waals surface area contributed by atoms with Crippen molar-refractivity contribution in [3.8, 4) is 0 Å². The van der Waals surface area contributed by atoms with Crippen LogP contribution in [0.2, 0.25) is 0 Å². The molecule has 0 spiro atoms. The first-order valence-electron chi connectivity index (χ1n) is 6.65. The van der Waals surface area contributed by atoms with Crippen molar-refractivity contribution in [2.75, 3.05) is 5.32 Å². The van der Waals surface area contributed by atoms with E-state index in [1.807, 2.05) is 44.2 Å². The number of nitrogens with zero attached hydrogens (tertiary/aromatic N) is 1. The summed E-state index contributed by atoms with van der Waals surface area (Å²) in [5, 5.41) is 2.96. The summed E-state index contributed by atoms with van der Waals surface area (Å²) >= 11 is 2.24. The summed E-state index contributed by atoms with van der Waals surface area (Å²) in [7, 11) is 0. The molecule has 1 aromatic heterocycles. The quantitative estimate of drug-likeness (QED) is 0.777. The Morgan fingerprint density at radius 1 is 1.25 bits per heavy atom. The van der Waals surface area contributed by atoms with E-state index in [1.54, 1.807) is 0 Å². The van der Waals surface area contributed by atoms with E-state index < -0.39 is 0 Å². The van der Waals surface area contributed by atoms with Crippen LogP contribution in [-0.4, -0.2) is 10.5 Å². The van der Waals surface area contributed by atoms with E-state index in [-0.39, 0.29) is 5.91 Å². The van der Waals surface area contributed by atoms with Gasteiger partial charge in [0.2, 0.25) is 0 Å². The molecule has 1 aromatic carbocycles. The highest BCUT2D eigenvalue weighted by Gasteiger charge is 2.17. The van der Waals surface area contributed by atoms with E-state index in [1.165, 1.54) is 0 Å². The van der Waals surface area contributed by atoms with Crippen molar-refractivity contribution in [2.24, 2.45) is 0 Å². The van der Waals surface area contributed by atoms with Gasteiger partial charge in [0, 0.05) is 26.7 Å². The van der Waals surface area contributed by atoms with Crippen LogP contribution in [0.4, 0.5) is 5.69 Å². The molecule has 1 amide bonds. The summed E-state index contributed by atoms with van der Waals surface area (Å²) in [6, 6.07) is 10.1. The number of carbonyl (C=O) groups excluding carboxylic acids is 1. The lowest BCUT2D eigenvalue weighted by Crippen LogP contribution is -2.13. The molecule has 4 heteroatoms. The Morgan fingerprint density at radius 3 is 2.50 bits per heavy atom. The Bertz CT molecular complexity index is 644. The predicted molar refractivity (Wildman–Crippen MR) is 91.4 cm³/mol. The molecular formula is C16H19IN2O. The van der Waals surface area contributed by atoms with Crippen molar-refractivity contribution < 1.29 is 4.79 Å². The maximum absolute atomic E-state index is 12.4. The molecule has 0 saturated carbocycles. The van der Waals surface area contributed by atoms with Gasteiger partial charge < -0.3 is 9.88 Å². The minimum absolute atomic E-state index is 0.0491. The minimum Gasteiger partial charge on any atom is -0.346 e. The lowest BCUT2D eigenvalue weighted by atomic mass is 10.2. The van der Waals surface area contributed by atoms with Gasteiger partial charge in [0.05, 0.1) is 5.56 Å². The van der Waals surface area contributed by atoms with Crippen LogP contribution < -0.4 is 5.32 Å². The van der Waals surface area contributed by atoms with E-state index in [0.717, 1.165) is 26.2 Å². The molecule has 20 heavy (non-hydrogen) atoms. The normalized spacial score (nSPS) is 10.9. The zero-order valence-electron chi connectivity index (χ0n) is 12.2. The molecule has 0 atom stereocenters. The number of amides is 1. The van der Waals surface area contributed by atoms with Gasteiger partial charge >= 0.3 is 0 Å². The van der Waals surface area contributed by atoms with Crippen LogP contribution in [0.1, 0.15) is 41.6 Å². The second kappa shape index (κ2) is 5.99. The van der Waals surface area contributed by atoms with E-state index in [2.05, 4.69) is 46.3 Å². The molecule has 0 aliphatic rings. The van der Waals surface area contributed by atoms with Gasteiger partial charge in [0.25, 0.3) is 5.91 Å². The third kappa shape index (κ3) is 3.06. The number of carbonyl (C=O) groups is 1. The smallest absolute Gasteiger partial charge is 0.257 e. The zero-order chi connectivity index (χ0) is 14.9. The molecular weight excluding hydrogens is 363 g/mol. The molecule has 2 aromatic rings. The number of halogens is 1. The number of anilines is 1. The first kappa shape index (κ1) is 15.1. The fourth-order valence-electron chi connectivity index (χ4n) is 2.57. The van der Waals surface area contributed by atoms with Crippen molar-refractivity contribution in [1.29, 1.82) is 0 Å². The van der Waals surface area contributed by atoms with Crippen LogP contribution in [0.5, 0.6) is 0 Å². The third-order valence-corrected chi connectivity index (χ3v) is 4.00. The Kier molecular flexibility index (Phi) is 4.52. The Labute approximate surface area is 133 Å². The fraction of sp³-hybridized carbons (Fsp3) is 0.312. The van der Waals surface area contributed by atoms with Gasteiger partial charge in [-0.3, -0.25) is 4.79 Å². The van der Waals surface area contributed by atoms with E-state index >= 15 is 0 Å². The van der Waals surface area contributed by atoms with Crippen molar-refractivity contribution in [3.05, 3.63) is 50.9 Å². The maximum Gasteiger partial charge on any atom is 0.257 e. The fourth-order valence-corrected chi connectivity index (χ4v) is 3.11. The minimum atomic E-state index is -0.0491. The molecule has 0 bridgehead atoms. The molecule has 0 aliphatic heterocycles. The number of aromatic nitrogens is 1. The number of aryl methyl sites for hydroxylation is 1.